The highest BCUT2D eigenvalue weighted by Crippen LogP contribution is 2.27. The minimum absolute atomic E-state index is 0.131. The molecule has 1 rings (SSSR count). The Labute approximate surface area is 109 Å². The molecular weight excluding hydrogens is 323 g/mol. The molecular formula is C11H10BrF5O. The van der Waals surface area contributed by atoms with Gasteiger partial charge in [0.25, 0.3) is 0 Å². The van der Waals surface area contributed by atoms with E-state index in [2.05, 4.69) is 20.7 Å². The monoisotopic (exact) mass is 332 g/mol. The van der Waals surface area contributed by atoms with Gasteiger partial charge in [0, 0.05) is 11.4 Å². The Bertz CT molecular complexity index is 394. The van der Waals surface area contributed by atoms with Gasteiger partial charge in [-0.3, -0.25) is 0 Å². The second kappa shape index (κ2) is 6.47. The Kier molecular flexibility index (Phi) is 5.52. The molecule has 1 atom stereocenters. The van der Waals surface area contributed by atoms with Crippen LogP contribution < -0.4 is 0 Å². The van der Waals surface area contributed by atoms with Gasteiger partial charge in [0.05, 0.1) is 0 Å². The molecule has 0 amide bonds. The third-order valence-corrected chi connectivity index (χ3v) is 3.07. The molecule has 0 heterocycles. The molecule has 0 saturated heterocycles. The molecule has 0 spiro atoms. The van der Waals surface area contributed by atoms with Crippen molar-refractivity contribution in [3.8, 4) is 0 Å². The minimum atomic E-state index is -4.36. The molecule has 102 valence electrons. The van der Waals surface area contributed by atoms with Gasteiger partial charge in [-0.15, -0.1) is 0 Å². The third-order valence-electron chi connectivity index (χ3n) is 2.09. The average Bonchev–Trinajstić information content (AvgIpc) is 2.26. The average molecular weight is 333 g/mol. The lowest BCUT2D eigenvalue weighted by atomic mass is 10.1. The second-order valence-corrected chi connectivity index (χ2v) is 4.70. The number of alkyl halides is 4. The van der Waals surface area contributed by atoms with Crippen molar-refractivity contribution in [2.24, 2.45) is 0 Å². The maximum absolute atomic E-state index is 12.9. The lowest BCUT2D eigenvalue weighted by molar-refractivity contribution is -0.174. The van der Waals surface area contributed by atoms with Crippen molar-refractivity contribution in [3.63, 3.8) is 0 Å². The number of ether oxygens (including phenoxy) is 1. The predicted molar refractivity (Wildman–Crippen MR) is 59.5 cm³/mol. The molecule has 0 aliphatic carbocycles. The highest BCUT2D eigenvalue weighted by molar-refractivity contribution is 9.09. The summed E-state index contributed by atoms with van der Waals surface area (Å²) in [6, 6.07) is 3.33. The smallest absolute Gasteiger partial charge is 0.372 e. The minimum Gasteiger partial charge on any atom is -0.372 e. The molecule has 1 aromatic carbocycles. The number of hydrogen-bond acceptors (Lipinski definition) is 1. The lowest BCUT2D eigenvalue weighted by Gasteiger charge is -2.12. The van der Waals surface area contributed by atoms with E-state index in [1.54, 1.807) is 0 Å². The van der Waals surface area contributed by atoms with Crippen LogP contribution in [0.1, 0.15) is 16.8 Å². The van der Waals surface area contributed by atoms with Crippen LogP contribution >= 0.6 is 15.9 Å². The van der Waals surface area contributed by atoms with E-state index >= 15 is 0 Å². The fourth-order valence-corrected chi connectivity index (χ4v) is 1.72. The molecule has 7 heteroatoms. The Morgan fingerprint density at radius 3 is 2.39 bits per heavy atom. The van der Waals surface area contributed by atoms with Crippen molar-refractivity contribution in [1.82, 2.24) is 0 Å². The van der Waals surface area contributed by atoms with Gasteiger partial charge in [0.2, 0.25) is 0 Å². The Hall–Kier alpha value is -0.690. The SMILES string of the molecule is Fc1ccc(C(Br)CCOCC(F)(F)F)cc1F. The topological polar surface area (TPSA) is 9.23 Å². The van der Waals surface area contributed by atoms with Gasteiger partial charge in [0.1, 0.15) is 6.61 Å². The quantitative estimate of drug-likeness (QED) is 0.442. The first-order chi connectivity index (χ1) is 8.29. The fraction of sp³-hybridized carbons (Fsp3) is 0.455. The van der Waals surface area contributed by atoms with Crippen molar-refractivity contribution in [2.45, 2.75) is 17.4 Å². The van der Waals surface area contributed by atoms with Gasteiger partial charge < -0.3 is 4.74 Å². The lowest BCUT2D eigenvalue weighted by Crippen LogP contribution is -2.17. The van der Waals surface area contributed by atoms with E-state index in [9.17, 15) is 22.0 Å². The fourth-order valence-electron chi connectivity index (χ4n) is 1.25. The molecule has 0 bridgehead atoms. The molecule has 0 aliphatic rings. The number of rotatable bonds is 5. The first-order valence-corrected chi connectivity index (χ1v) is 5.94. The summed E-state index contributed by atoms with van der Waals surface area (Å²) in [5.41, 5.74) is 0.449. The van der Waals surface area contributed by atoms with Gasteiger partial charge in [-0.1, -0.05) is 22.0 Å². The van der Waals surface area contributed by atoms with Gasteiger partial charge >= 0.3 is 6.18 Å². The molecule has 0 radical (unpaired) electrons. The van der Waals surface area contributed by atoms with E-state index in [0.29, 0.717) is 5.56 Å². The van der Waals surface area contributed by atoms with Crippen LogP contribution in [0.4, 0.5) is 22.0 Å². The van der Waals surface area contributed by atoms with E-state index in [1.807, 2.05) is 0 Å². The first kappa shape index (κ1) is 15.4. The van der Waals surface area contributed by atoms with Crippen LogP contribution in [0.15, 0.2) is 18.2 Å². The summed E-state index contributed by atoms with van der Waals surface area (Å²) in [4.78, 5) is -0.388. The van der Waals surface area contributed by atoms with Crippen molar-refractivity contribution in [1.29, 1.82) is 0 Å². The Balaban J connectivity index is 2.41. The Morgan fingerprint density at radius 1 is 1.17 bits per heavy atom. The van der Waals surface area contributed by atoms with Crippen LogP contribution in [-0.4, -0.2) is 19.4 Å². The van der Waals surface area contributed by atoms with Gasteiger partial charge in [-0.25, -0.2) is 8.78 Å². The van der Waals surface area contributed by atoms with Crippen LogP contribution in [0.2, 0.25) is 0 Å². The zero-order valence-corrected chi connectivity index (χ0v) is 10.7. The largest absolute Gasteiger partial charge is 0.411 e. The van der Waals surface area contributed by atoms with Crippen LogP contribution in [0.3, 0.4) is 0 Å². The van der Waals surface area contributed by atoms with E-state index in [4.69, 9.17) is 0 Å². The van der Waals surface area contributed by atoms with E-state index < -0.39 is 24.4 Å². The molecule has 18 heavy (non-hydrogen) atoms. The highest BCUT2D eigenvalue weighted by atomic mass is 79.9. The maximum atomic E-state index is 12.9. The Morgan fingerprint density at radius 2 is 1.83 bits per heavy atom. The molecule has 1 unspecified atom stereocenters. The zero-order chi connectivity index (χ0) is 13.8. The van der Waals surface area contributed by atoms with Crippen LogP contribution in [-0.2, 0) is 4.74 Å². The molecule has 0 saturated carbocycles. The third kappa shape index (κ3) is 5.30. The number of halogens is 6. The van der Waals surface area contributed by atoms with Crippen molar-refractivity contribution in [3.05, 3.63) is 35.4 Å². The van der Waals surface area contributed by atoms with E-state index in [0.717, 1.165) is 12.1 Å². The first-order valence-electron chi connectivity index (χ1n) is 5.03. The van der Waals surface area contributed by atoms with E-state index in [1.165, 1.54) is 6.07 Å². The van der Waals surface area contributed by atoms with Crippen molar-refractivity contribution in [2.75, 3.05) is 13.2 Å². The predicted octanol–water partition coefficient (Wildman–Crippen LogP) is 4.37. The summed E-state index contributed by atoms with van der Waals surface area (Å²) in [6.45, 7) is -1.45. The molecule has 1 aromatic rings. The number of hydrogen-bond donors (Lipinski definition) is 0. The van der Waals surface area contributed by atoms with E-state index in [-0.39, 0.29) is 17.9 Å². The summed E-state index contributed by atoms with van der Waals surface area (Å²) in [5.74, 6) is -1.96. The molecule has 0 aromatic heterocycles. The second-order valence-electron chi connectivity index (χ2n) is 3.60. The van der Waals surface area contributed by atoms with Gasteiger partial charge in [0.15, 0.2) is 11.6 Å². The summed E-state index contributed by atoms with van der Waals surface area (Å²) in [7, 11) is 0. The summed E-state index contributed by atoms with van der Waals surface area (Å²) in [5, 5.41) is 0. The van der Waals surface area contributed by atoms with Gasteiger partial charge in [-0.05, 0) is 24.1 Å². The van der Waals surface area contributed by atoms with Crippen LogP contribution in [0.5, 0.6) is 0 Å². The zero-order valence-electron chi connectivity index (χ0n) is 9.11. The summed E-state index contributed by atoms with van der Waals surface area (Å²) < 4.78 is 65.3. The van der Waals surface area contributed by atoms with Crippen LogP contribution in [0, 0.1) is 11.6 Å². The van der Waals surface area contributed by atoms with Crippen molar-refractivity contribution < 1.29 is 26.7 Å². The number of benzene rings is 1. The standard InChI is InChI=1S/C11H10BrF5O/c12-8(3-4-18-6-11(15,16)17)7-1-2-9(13)10(14)5-7/h1-2,5,8H,3-4,6H2. The van der Waals surface area contributed by atoms with Crippen molar-refractivity contribution >= 4 is 15.9 Å². The molecule has 0 fully saturated rings. The maximum Gasteiger partial charge on any atom is 0.411 e. The molecule has 0 aliphatic heterocycles. The normalized spacial score (nSPS) is 13.7. The van der Waals surface area contributed by atoms with Crippen LogP contribution in [0.25, 0.3) is 0 Å². The molecule has 1 nitrogen and oxygen atoms in total. The summed E-state index contributed by atoms with van der Waals surface area (Å²) in [6.07, 6.45) is -4.13. The summed E-state index contributed by atoms with van der Waals surface area (Å²) >= 11 is 3.17. The highest BCUT2D eigenvalue weighted by Gasteiger charge is 2.27. The molecule has 0 N–H and O–H groups in total. The van der Waals surface area contributed by atoms with Gasteiger partial charge in [-0.2, -0.15) is 13.2 Å².